The summed E-state index contributed by atoms with van der Waals surface area (Å²) < 4.78 is 0. The molecule has 0 nitrogen and oxygen atoms in total. The van der Waals surface area contributed by atoms with Gasteiger partial charge in [0.2, 0.25) is 0 Å². The zero-order valence-electron chi connectivity index (χ0n) is 16.3. The van der Waals surface area contributed by atoms with Crippen LogP contribution in [0.4, 0.5) is 0 Å². The zero-order valence-corrected chi connectivity index (χ0v) is 16.3. The van der Waals surface area contributed by atoms with E-state index in [2.05, 4.69) is 70.0 Å². The Morgan fingerprint density at radius 2 is 1.92 bits per heavy atom. The third-order valence-corrected chi connectivity index (χ3v) is 5.43. The van der Waals surface area contributed by atoms with Crippen LogP contribution >= 0.6 is 0 Å². The van der Waals surface area contributed by atoms with Crippen molar-refractivity contribution in [1.82, 2.24) is 0 Å². The van der Waals surface area contributed by atoms with Crippen molar-refractivity contribution in [2.24, 2.45) is 0 Å². The van der Waals surface area contributed by atoms with Crippen molar-refractivity contribution in [3.8, 4) is 0 Å². The summed E-state index contributed by atoms with van der Waals surface area (Å²) in [6, 6.07) is 6.82. The first-order valence-electron chi connectivity index (χ1n) is 9.72. The van der Waals surface area contributed by atoms with Crippen molar-refractivity contribution in [3.63, 3.8) is 0 Å². The highest BCUT2D eigenvalue weighted by molar-refractivity contribution is 5.77. The average Bonchev–Trinajstić information content (AvgIpc) is 3.20. The molecule has 1 aromatic rings. The molecule has 1 fully saturated rings. The van der Waals surface area contributed by atoms with Crippen molar-refractivity contribution in [3.05, 3.63) is 95.1 Å². The number of allylic oxidation sites excluding steroid dienone is 9. The van der Waals surface area contributed by atoms with Gasteiger partial charge in [-0.05, 0) is 89.7 Å². The van der Waals surface area contributed by atoms with E-state index >= 15 is 0 Å². The Morgan fingerprint density at radius 1 is 1.12 bits per heavy atom. The fraction of sp³-hybridized carbons (Fsp3) is 0.308. The minimum Gasteiger partial charge on any atom is -0.0992 e. The molecule has 3 rings (SSSR count). The lowest BCUT2D eigenvalue weighted by molar-refractivity contribution is 0.824. The molecule has 0 spiro atoms. The Kier molecular flexibility index (Phi) is 5.61. The average molecular weight is 343 g/mol. The van der Waals surface area contributed by atoms with Gasteiger partial charge >= 0.3 is 0 Å². The first-order valence-corrected chi connectivity index (χ1v) is 9.72. The van der Waals surface area contributed by atoms with E-state index in [0.717, 1.165) is 25.7 Å². The van der Waals surface area contributed by atoms with Gasteiger partial charge in [-0.3, -0.25) is 0 Å². The van der Waals surface area contributed by atoms with Crippen LogP contribution in [0, 0.1) is 6.92 Å². The molecule has 26 heavy (non-hydrogen) atoms. The minimum absolute atomic E-state index is 0.959. The zero-order chi connectivity index (χ0) is 18.7. The second kappa shape index (κ2) is 7.91. The topological polar surface area (TPSA) is 0 Å². The number of hydrogen-bond donors (Lipinski definition) is 0. The minimum atomic E-state index is 0.959. The molecule has 0 saturated heterocycles. The second-order valence-corrected chi connectivity index (χ2v) is 7.72. The van der Waals surface area contributed by atoms with Gasteiger partial charge in [0.25, 0.3) is 0 Å². The molecule has 0 atom stereocenters. The van der Waals surface area contributed by atoms with Gasteiger partial charge < -0.3 is 0 Å². The maximum Gasteiger partial charge on any atom is -0.00197 e. The maximum atomic E-state index is 4.33. The van der Waals surface area contributed by atoms with Crippen LogP contribution in [0.1, 0.15) is 62.1 Å². The summed E-state index contributed by atoms with van der Waals surface area (Å²) in [5.74, 6) is 0. The third-order valence-electron chi connectivity index (χ3n) is 5.43. The summed E-state index contributed by atoms with van der Waals surface area (Å²) in [4.78, 5) is 0. The van der Waals surface area contributed by atoms with E-state index in [0.29, 0.717) is 0 Å². The van der Waals surface area contributed by atoms with Crippen molar-refractivity contribution in [2.75, 3.05) is 0 Å². The summed E-state index contributed by atoms with van der Waals surface area (Å²) in [7, 11) is 0. The van der Waals surface area contributed by atoms with Crippen LogP contribution in [0.5, 0.6) is 0 Å². The number of hydrogen-bond acceptors (Lipinski definition) is 0. The quantitative estimate of drug-likeness (QED) is 0.464. The molecule has 2 aliphatic carbocycles. The van der Waals surface area contributed by atoms with Crippen LogP contribution in [0.3, 0.4) is 0 Å². The van der Waals surface area contributed by atoms with Gasteiger partial charge in [-0.15, -0.1) is 0 Å². The number of aryl methyl sites for hydroxylation is 1. The molecule has 0 amide bonds. The van der Waals surface area contributed by atoms with E-state index in [1.165, 1.54) is 63.0 Å². The van der Waals surface area contributed by atoms with E-state index in [1.807, 2.05) is 0 Å². The molecule has 2 aliphatic rings. The number of benzene rings is 1. The van der Waals surface area contributed by atoms with E-state index in [-0.39, 0.29) is 0 Å². The van der Waals surface area contributed by atoms with Gasteiger partial charge in [0.15, 0.2) is 0 Å². The van der Waals surface area contributed by atoms with Crippen molar-refractivity contribution in [1.29, 1.82) is 0 Å². The van der Waals surface area contributed by atoms with Gasteiger partial charge in [0, 0.05) is 0 Å². The lowest BCUT2D eigenvalue weighted by atomic mass is 9.92. The normalized spacial score (nSPS) is 18.5. The Morgan fingerprint density at radius 3 is 2.62 bits per heavy atom. The van der Waals surface area contributed by atoms with E-state index < -0.39 is 0 Å². The largest absolute Gasteiger partial charge is 0.0992 e. The van der Waals surface area contributed by atoms with Crippen LogP contribution in [0.15, 0.2) is 78.5 Å². The predicted octanol–water partition coefficient (Wildman–Crippen LogP) is 7.74. The van der Waals surface area contributed by atoms with Crippen LogP contribution in [0.2, 0.25) is 0 Å². The Bertz CT molecular complexity index is 852. The molecule has 1 saturated carbocycles. The van der Waals surface area contributed by atoms with Crippen molar-refractivity contribution >= 4 is 11.1 Å². The SMILES string of the molecule is C=C1CC(=C)/C(=C/C2=CC=C(c3ccc(C)c(C(=C)CCCC)c3)C2)C1. The van der Waals surface area contributed by atoms with Gasteiger partial charge in [-0.2, -0.15) is 0 Å². The number of unbranched alkanes of at least 4 members (excludes halogenated alkanes) is 1. The van der Waals surface area contributed by atoms with Gasteiger partial charge in [-0.25, -0.2) is 0 Å². The summed E-state index contributed by atoms with van der Waals surface area (Å²) in [5, 5.41) is 0. The molecule has 0 aromatic heterocycles. The molecular formula is C26H30. The standard InChI is InChI=1S/C26H30/c1-6-7-8-19(3)26-17-24(11-9-20(26)4)23-12-10-22(15-23)16-25-14-18(2)13-21(25)5/h9-12,16-17H,2-3,5-8,13-15H2,1,4H3/b25-16+. The summed E-state index contributed by atoms with van der Waals surface area (Å²) in [6.07, 6.45) is 13.3. The highest BCUT2D eigenvalue weighted by Crippen LogP contribution is 2.37. The monoisotopic (exact) mass is 342 g/mol. The Labute approximate surface area is 159 Å². The highest BCUT2D eigenvalue weighted by Gasteiger charge is 2.17. The van der Waals surface area contributed by atoms with Crippen LogP contribution in [-0.4, -0.2) is 0 Å². The van der Waals surface area contributed by atoms with E-state index in [9.17, 15) is 0 Å². The first-order chi connectivity index (χ1) is 12.5. The molecule has 0 N–H and O–H groups in total. The summed E-state index contributed by atoms with van der Waals surface area (Å²) >= 11 is 0. The van der Waals surface area contributed by atoms with Gasteiger partial charge in [0.05, 0.1) is 0 Å². The third kappa shape index (κ3) is 4.07. The molecule has 1 aromatic carbocycles. The predicted molar refractivity (Wildman–Crippen MR) is 116 cm³/mol. The van der Waals surface area contributed by atoms with Crippen molar-refractivity contribution < 1.29 is 0 Å². The number of rotatable bonds is 6. The fourth-order valence-electron chi connectivity index (χ4n) is 3.82. The Hall–Kier alpha value is -2.34. The van der Waals surface area contributed by atoms with Crippen molar-refractivity contribution in [2.45, 2.75) is 52.4 Å². The van der Waals surface area contributed by atoms with E-state index in [1.54, 1.807) is 0 Å². The summed E-state index contributed by atoms with van der Waals surface area (Å²) in [5.41, 5.74) is 11.9. The van der Waals surface area contributed by atoms with Crippen LogP contribution in [-0.2, 0) is 0 Å². The smallest absolute Gasteiger partial charge is 0.00197 e. The molecule has 0 heterocycles. The maximum absolute atomic E-state index is 4.33. The fourth-order valence-corrected chi connectivity index (χ4v) is 3.82. The first kappa shape index (κ1) is 18.5. The molecule has 0 heteroatoms. The molecule has 0 radical (unpaired) electrons. The lowest BCUT2D eigenvalue weighted by Crippen LogP contribution is -1.92. The molecule has 0 aliphatic heterocycles. The molecular weight excluding hydrogens is 312 g/mol. The molecule has 134 valence electrons. The second-order valence-electron chi connectivity index (χ2n) is 7.72. The lowest BCUT2D eigenvalue weighted by Gasteiger charge is -2.12. The highest BCUT2D eigenvalue weighted by atomic mass is 14.2. The van der Waals surface area contributed by atoms with Gasteiger partial charge in [0.1, 0.15) is 0 Å². The van der Waals surface area contributed by atoms with Crippen LogP contribution in [0.25, 0.3) is 11.1 Å². The van der Waals surface area contributed by atoms with Crippen LogP contribution < -0.4 is 0 Å². The van der Waals surface area contributed by atoms with E-state index in [4.69, 9.17) is 0 Å². The van der Waals surface area contributed by atoms with Gasteiger partial charge in [-0.1, -0.05) is 69.0 Å². The summed E-state index contributed by atoms with van der Waals surface area (Å²) in [6.45, 7) is 17.0. The Balaban J connectivity index is 1.74. The molecule has 0 unspecified atom stereocenters. The molecule has 0 bridgehead atoms.